The van der Waals surface area contributed by atoms with E-state index >= 15 is 0 Å². The minimum Gasteiger partial charge on any atom is -0.396 e. The molecule has 0 radical (unpaired) electrons. The quantitative estimate of drug-likeness (QED) is 0.640. The second-order valence-corrected chi connectivity index (χ2v) is 6.78. The first kappa shape index (κ1) is 18.2. The molecular weight excluding hydrogens is 266 g/mol. The van der Waals surface area contributed by atoms with Crippen molar-refractivity contribution in [2.45, 2.75) is 52.5 Å². The summed E-state index contributed by atoms with van der Waals surface area (Å²) in [6.07, 6.45) is 3.98. The number of nitrogens with zero attached hydrogens (tertiary/aromatic N) is 1. The number of nitrogens with one attached hydrogen (secondary N) is 2. The third-order valence-corrected chi connectivity index (χ3v) is 3.95. The maximum absolute atomic E-state index is 11.8. The van der Waals surface area contributed by atoms with Crippen LogP contribution in [0.5, 0.6) is 0 Å². The number of rotatable bonds is 8. The lowest BCUT2D eigenvalue weighted by atomic mass is 9.97. The van der Waals surface area contributed by atoms with Crippen molar-refractivity contribution in [2.75, 3.05) is 32.8 Å². The Kier molecular flexibility index (Phi) is 8.69. The SMILES string of the molecule is CC(C)CN1CCCC(CNC(=O)NC(C)CCCO)C1. The predicted molar refractivity (Wildman–Crippen MR) is 86.3 cm³/mol. The van der Waals surface area contributed by atoms with Crippen molar-refractivity contribution in [3.8, 4) is 0 Å². The third-order valence-electron chi connectivity index (χ3n) is 3.95. The maximum atomic E-state index is 11.8. The first-order valence-corrected chi connectivity index (χ1v) is 8.38. The average Bonchev–Trinajstić information content (AvgIpc) is 2.42. The molecule has 124 valence electrons. The summed E-state index contributed by atoms with van der Waals surface area (Å²) < 4.78 is 0. The van der Waals surface area contributed by atoms with Crippen molar-refractivity contribution < 1.29 is 9.90 Å². The lowest BCUT2D eigenvalue weighted by Gasteiger charge is -2.33. The molecule has 0 saturated carbocycles. The number of amides is 2. The Morgan fingerprint density at radius 1 is 1.38 bits per heavy atom. The van der Waals surface area contributed by atoms with Crippen molar-refractivity contribution in [3.63, 3.8) is 0 Å². The molecule has 2 atom stereocenters. The van der Waals surface area contributed by atoms with Crippen LogP contribution in [0.2, 0.25) is 0 Å². The summed E-state index contributed by atoms with van der Waals surface area (Å²) in [5.41, 5.74) is 0. The molecule has 1 rings (SSSR count). The van der Waals surface area contributed by atoms with Crippen molar-refractivity contribution in [3.05, 3.63) is 0 Å². The number of hydrogen-bond donors (Lipinski definition) is 3. The molecule has 1 aliphatic rings. The number of carbonyl (C=O) groups is 1. The van der Waals surface area contributed by atoms with Crippen molar-refractivity contribution >= 4 is 6.03 Å². The molecule has 1 heterocycles. The number of likely N-dealkylation sites (tertiary alicyclic amines) is 1. The van der Waals surface area contributed by atoms with Crippen LogP contribution in [0.25, 0.3) is 0 Å². The molecule has 0 aromatic heterocycles. The molecule has 5 nitrogen and oxygen atoms in total. The second kappa shape index (κ2) is 10.0. The van der Waals surface area contributed by atoms with Gasteiger partial charge in [0.15, 0.2) is 0 Å². The molecule has 0 aromatic carbocycles. The summed E-state index contributed by atoms with van der Waals surface area (Å²) in [4.78, 5) is 14.3. The molecule has 1 aliphatic heterocycles. The number of piperidine rings is 1. The number of carbonyl (C=O) groups excluding carboxylic acids is 1. The molecule has 0 spiro atoms. The van der Waals surface area contributed by atoms with E-state index in [-0.39, 0.29) is 18.7 Å². The summed E-state index contributed by atoms with van der Waals surface area (Å²) in [7, 11) is 0. The molecule has 0 aromatic rings. The minimum absolute atomic E-state index is 0.0820. The maximum Gasteiger partial charge on any atom is 0.315 e. The lowest BCUT2D eigenvalue weighted by molar-refractivity contribution is 0.156. The van der Waals surface area contributed by atoms with Gasteiger partial charge in [0, 0.05) is 32.3 Å². The highest BCUT2D eigenvalue weighted by molar-refractivity contribution is 5.74. The summed E-state index contributed by atoms with van der Waals surface area (Å²) in [5, 5.41) is 14.7. The van der Waals surface area contributed by atoms with Crippen LogP contribution in [0, 0.1) is 11.8 Å². The van der Waals surface area contributed by atoms with Crippen LogP contribution in [0.4, 0.5) is 4.79 Å². The van der Waals surface area contributed by atoms with Crippen LogP contribution in [-0.2, 0) is 0 Å². The van der Waals surface area contributed by atoms with Crippen molar-refractivity contribution in [2.24, 2.45) is 11.8 Å². The van der Waals surface area contributed by atoms with E-state index in [2.05, 4.69) is 29.4 Å². The molecule has 0 aliphatic carbocycles. The van der Waals surface area contributed by atoms with E-state index in [1.165, 1.54) is 19.4 Å². The van der Waals surface area contributed by atoms with E-state index in [4.69, 9.17) is 5.11 Å². The summed E-state index contributed by atoms with van der Waals surface area (Å²) in [6, 6.07) is 0.0300. The molecule has 2 amide bonds. The van der Waals surface area contributed by atoms with Gasteiger partial charge in [-0.2, -0.15) is 0 Å². The minimum atomic E-state index is -0.0820. The van der Waals surface area contributed by atoms with E-state index in [1.807, 2.05) is 6.92 Å². The Bertz CT molecular complexity index is 297. The van der Waals surface area contributed by atoms with E-state index in [0.29, 0.717) is 11.8 Å². The molecule has 2 unspecified atom stereocenters. The summed E-state index contributed by atoms with van der Waals surface area (Å²) >= 11 is 0. The van der Waals surface area contributed by atoms with Gasteiger partial charge >= 0.3 is 6.03 Å². The van der Waals surface area contributed by atoms with Gasteiger partial charge in [0.05, 0.1) is 0 Å². The highest BCUT2D eigenvalue weighted by atomic mass is 16.3. The van der Waals surface area contributed by atoms with Crippen LogP contribution >= 0.6 is 0 Å². The van der Waals surface area contributed by atoms with E-state index < -0.39 is 0 Å². The molecule has 5 heteroatoms. The molecule has 3 N–H and O–H groups in total. The Morgan fingerprint density at radius 2 is 2.14 bits per heavy atom. The van der Waals surface area contributed by atoms with Crippen LogP contribution in [-0.4, -0.2) is 54.9 Å². The fourth-order valence-corrected chi connectivity index (χ4v) is 2.98. The normalized spacial score (nSPS) is 21.3. The lowest BCUT2D eigenvalue weighted by Crippen LogP contribution is -2.46. The van der Waals surface area contributed by atoms with Gasteiger partial charge in [0.2, 0.25) is 0 Å². The largest absolute Gasteiger partial charge is 0.396 e. The summed E-state index contributed by atoms with van der Waals surface area (Å²) in [5.74, 6) is 1.27. The van der Waals surface area contributed by atoms with Crippen LogP contribution in [0.15, 0.2) is 0 Å². The Morgan fingerprint density at radius 3 is 2.81 bits per heavy atom. The van der Waals surface area contributed by atoms with E-state index in [0.717, 1.165) is 32.5 Å². The van der Waals surface area contributed by atoms with E-state index in [9.17, 15) is 4.79 Å². The van der Waals surface area contributed by atoms with Crippen molar-refractivity contribution in [1.29, 1.82) is 0 Å². The third kappa shape index (κ3) is 8.27. The number of hydrogen-bond acceptors (Lipinski definition) is 3. The Balaban J connectivity index is 2.19. The first-order chi connectivity index (χ1) is 10.0. The fraction of sp³-hybridized carbons (Fsp3) is 0.938. The number of aliphatic hydroxyl groups excluding tert-OH is 1. The first-order valence-electron chi connectivity index (χ1n) is 8.38. The molecule has 21 heavy (non-hydrogen) atoms. The van der Waals surface area contributed by atoms with Crippen LogP contribution in [0.1, 0.15) is 46.5 Å². The van der Waals surface area contributed by atoms with Gasteiger partial charge in [-0.1, -0.05) is 13.8 Å². The van der Waals surface area contributed by atoms with E-state index in [1.54, 1.807) is 0 Å². The zero-order chi connectivity index (χ0) is 15.7. The van der Waals surface area contributed by atoms with Crippen LogP contribution in [0.3, 0.4) is 0 Å². The van der Waals surface area contributed by atoms with Gasteiger partial charge < -0.3 is 20.6 Å². The second-order valence-electron chi connectivity index (χ2n) is 6.78. The van der Waals surface area contributed by atoms with Gasteiger partial charge in [0.25, 0.3) is 0 Å². The number of aliphatic hydroxyl groups is 1. The molecule has 0 bridgehead atoms. The smallest absolute Gasteiger partial charge is 0.315 e. The Labute approximate surface area is 129 Å². The average molecular weight is 299 g/mol. The highest BCUT2D eigenvalue weighted by Gasteiger charge is 2.20. The molecular formula is C16H33N3O2. The van der Waals surface area contributed by atoms with Gasteiger partial charge in [-0.05, 0) is 51.0 Å². The fourth-order valence-electron chi connectivity index (χ4n) is 2.98. The standard InChI is InChI=1S/C16H33N3O2/c1-13(2)11-19-8-4-7-15(12-19)10-17-16(21)18-14(3)6-5-9-20/h13-15,20H,4-12H2,1-3H3,(H2,17,18,21). The van der Waals surface area contributed by atoms with Crippen molar-refractivity contribution in [1.82, 2.24) is 15.5 Å². The molecule has 1 fully saturated rings. The highest BCUT2D eigenvalue weighted by Crippen LogP contribution is 2.16. The van der Waals surface area contributed by atoms with Crippen LogP contribution < -0.4 is 10.6 Å². The Hall–Kier alpha value is -0.810. The van der Waals surface area contributed by atoms with Gasteiger partial charge in [0.1, 0.15) is 0 Å². The zero-order valence-electron chi connectivity index (χ0n) is 13.9. The topological polar surface area (TPSA) is 64.6 Å². The monoisotopic (exact) mass is 299 g/mol. The zero-order valence-corrected chi connectivity index (χ0v) is 13.9. The summed E-state index contributed by atoms with van der Waals surface area (Å²) in [6.45, 7) is 10.9. The van der Waals surface area contributed by atoms with Gasteiger partial charge in [-0.15, -0.1) is 0 Å². The van der Waals surface area contributed by atoms with Gasteiger partial charge in [-0.3, -0.25) is 0 Å². The molecule has 1 saturated heterocycles. The predicted octanol–water partition coefficient (Wildman–Crippen LogP) is 1.81. The number of urea groups is 1. The van der Waals surface area contributed by atoms with Gasteiger partial charge in [-0.25, -0.2) is 4.79 Å².